The number of para-hydroxylation sites is 1. The predicted molar refractivity (Wildman–Crippen MR) is 80.1 cm³/mol. The topological polar surface area (TPSA) is 94.5 Å². The van der Waals surface area contributed by atoms with Gasteiger partial charge in [-0.1, -0.05) is 18.2 Å². The van der Waals surface area contributed by atoms with E-state index >= 15 is 0 Å². The van der Waals surface area contributed by atoms with Gasteiger partial charge in [0.1, 0.15) is 5.75 Å². The standard InChI is InChI=1S/C16H13N3O4/c1-22-13-9-7-12(8-10-13)19-14(16(21)23-18-19)15(20)17-11-5-3-2-4-6-11/h2-10H,1H3,(H-,17,18,20,21). The lowest BCUT2D eigenvalue weighted by molar-refractivity contribution is -0.673. The molecule has 3 rings (SSSR count). The molecule has 1 N–H and O–H groups in total. The van der Waals surface area contributed by atoms with Crippen molar-refractivity contribution in [1.29, 1.82) is 0 Å². The summed E-state index contributed by atoms with van der Waals surface area (Å²) >= 11 is 0. The zero-order chi connectivity index (χ0) is 16.2. The first kappa shape index (κ1) is 14.6. The van der Waals surface area contributed by atoms with Crippen molar-refractivity contribution in [3.8, 4) is 11.4 Å². The van der Waals surface area contributed by atoms with Crippen LogP contribution in [0.3, 0.4) is 0 Å². The summed E-state index contributed by atoms with van der Waals surface area (Å²) in [6.07, 6.45) is 0. The average Bonchev–Trinajstić information content (AvgIpc) is 2.97. The normalized spacial score (nSPS) is 11.4. The number of aliphatic imine (C=N–C) groups is 1. The third kappa shape index (κ3) is 2.98. The summed E-state index contributed by atoms with van der Waals surface area (Å²) in [5.41, 5.74) is 0.00663. The lowest BCUT2D eigenvalue weighted by atomic mass is 10.3. The van der Waals surface area contributed by atoms with E-state index < -0.39 is 11.5 Å². The maximum Gasteiger partial charge on any atom is 0.436 e. The van der Waals surface area contributed by atoms with E-state index in [9.17, 15) is 9.90 Å². The summed E-state index contributed by atoms with van der Waals surface area (Å²) in [6.45, 7) is 0. The number of H-pyrrole nitrogens is 1. The van der Waals surface area contributed by atoms with Crippen molar-refractivity contribution in [3.05, 3.63) is 70.7 Å². The fourth-order valence-corrected chi connectivity index (χ4v) is 2.04. The van der Waals surface area contributed by atoms with E-state index in [0.29, 0.717) is 17.1 Å². The Balaban J connectivity index is 2.04. The van der Waals surface area contributed by atoms with E-state index in [4.69, 9.17) is 9.26 Å². The molecule has 0 radical (unpaired) electrons. The Morgan fingerprint density at radius 2 is 1.87 bits per heavy atom. The molecule has 0 bridgehead atoms. The van der Waals surface area contributed by atoms with E-state index in [0.717, 1.165) is 0 Å². The van der Waals surface area contributed by atoms with Gasteiger partial charge in [-0.3, -0.25) is 9.52 Å². The van der Waals surface area contributed by atoms with Crippen molar-refractivity contribution in [2.75, 3.05) is 7.11 Å². The lowest BCUT2D eigenvalue weighted by Crippen LogP contribution is -2.44. The number of methoxy groups -OCH3 is 1. The largest absolute Gasteiger partial charge is 0.854 e. The van der Waals surface area contributed by atoms with Crippen molar-refractivity contribution < 1.29 is 19.0 Å². The minimum atomic E-state index is -0.787. The Hall–Kier alpha value is -3.35. The molecule has 0 spiro atoms. The molecule has 23 heavy (non-hydrogen) atoms. The molecule has 116 valence electrons. The summed E-state index contributed by atoms with van der Waals surface area (Å²) in [7, 11) is 1.55. The van der Waals surface area contributed by atoms with Crippen LogP contribution >= 0.6 is 0 Å². The Bertz CT molecular complexity index is 880. The molecule has 1 heterocycles. The van der Waals surface area contributed by atoms with Crippen molar-refractivity contribution in [2.24, 2.45) is 4.99 Å². The third-order valence-corrected chi connectivity index (χ3v) is 3.17. The number of nitrogens with zero attached hydrogens (tertiary/aromatic N) is 2. The summed E-state index contributed by atoms with van der Waals surface area (Å²) < 4.78 is 11.1. The van der Waals surface area contributed by atoms with Gasteiger partial charge in [0.05, 0.1) is 18.7 Å². The fraction of sp³-hybridized carbons (Fsp3) is 0.0625. The van der Waals surface area contributed by atoms with Gasteiger partial charge in [-0.2, -0.15) is 0 Å². The van der Waals surface area contributed by atoms with E-state index in [1.807, 2.05) is 6.07 Å². The van der Waals surface area contributed by atoms with Gasteiger partial charge < -0.3 is 9.84 Å². The monoisotopic (exact) mass is 311 g/mol. The zero-order valence-corrected chi connectivity index (χ0v) is 12.2. The van der Waals surface area contributed by atoms with Crippen molar-refractivity contribution in [2.45, 2.75) is 0 Å². The molecule has 0 saturated heterocycles. The zero-order valence-electron chi connectivity index (χ0n) is 12.2. The number of aromatic amines is 1. The van der Waals surface area contributed by atoms with Gasteiger partial charge in [0.2, 0.25) is 5.69 Å². The van der Waals surface area contributed by atoms with E-state index in [1.54, 1.807) is 55.6 Å². The first-order chi connectivity index (χ1) is 11.2. The maximum absolute atomic E-state index is 12.3. The van der Waals surface area contributed by atoms with Gasteiger partial charge >= 0.3 is 11.3 Å². The van der Waals surface area contributed by atoms with Gasteiger partial charge in [-0.15, -0.1) is 0 Å². The predicted octanol–water partition coefficient (Wildman–Crippen LogP) is 0.692. The second kappa shape index (κ2) is 6.18. The smallest absolute Gasteiger partial charge is 0.436 e. The van der Waals surface area contributed by atoms with Crippen LogP contribution in [0.25, 0.3) is 5.69 Å². The minimum Gasteiger partial charge on any atom is -0.854 e. The highest BCUT2D eigenvalue weighted by molar-refractivity contribution is 5.88. The van der Waals surface area contributed by atoms with E-state index in [1.165, 1.54) is 4.68 Å². The molecular weight excluding hydrogens is 298 g/mol. The Labute approximate surface area is 131 Å². The molecule has 7 nitrogen and oxygen atoms in total. The highest BCUT2D eigenvalue weighted by Gasteiger charge is 2.23. The molecule has 2 aromatic carbocycles. The number of benzene rings is 2. The molecule has 0 aliphatic rings. The molecule has 0 aliphatic heterocycles. The van der Waals surface area contributed by atoms with Gasteiger partial charge in [0, 0.05) is 12.1 Å². The number of aromatic nitrogens is 2. The van der Waals surface area contributed by atoms with E-state index in [-0.39, 0.29) is 5.69 Å². The molecule has 0 aliphatic carbocycles. The fourth-order valence-electron chi connectivity index (χ4n) is 2.04. The molecule has 1 aromatic heterocycles. The summed E-state index contributed by atoms with van der Waals surface area (Å²) in [6, 6.07) is 15.4. The average molecular weight is 311 g/mol. The van der Waals surface area contributed by atoms with Crippen LogP contribution in [0.5, 0.6) is 5.75 Å². The number of hydrogen-bond acceptors (Lipinski definition) is 5. The lowest BCUT2D eigenvalue weighted by Gasteiger charge is -2.04. The second-order valence-corrected chi connectivity index (χ2v) is 4.62. The van der Waals surface area contributed by atoms with Gasteiger partial charge in [-0.05, 0) is 34.2 Å². The van der Waals surface area contributed by atoms with Gasteiger partial charge in [0.25, 0.3) is 0 Å². The van der Waals surface area contributed by atoms with Crippen LogP contribution in [0.15, 0.2) is 68.9 Å². The van der Waals surface area contributed by atoms with Gasteiger partial charge in [-0.25, -0.2) is 4.79 Å². The Morgan fingerprint density at radius 3 is 2.52 bits per heavy atom. The van der Waals surface area contributed by atoms with Crippen LogP contribution in [0.4, 0.5) is 5.69 Å². The highest BCUT2D eigenvalue weighted by atomic mass is 16.5. The van der Waals surface area contributed by atoms with Crippen LogP contribution in [-0.2, 0) is 0 Å². The summed E-state index contributed by atoms with van der Waals surface area (Å²) in [5, 5.41) is 14.7. The molecule has 0 fully saturated rings. The second-order valence-electron chi connectivity index (χ2n) is 4.62. The Kier molecular flexibility index (Phi) is 3.92. The van der Waals surface area contributed by atoms with Crippen molar-refractivity contribution in [3.63, 3.8) is 0 Å². The number of nitrogens with one attached hydrogen (secondary N) is 1. The molecule has 0 unspecified atom stereocenters. The van der Waals surface area contributed by atoms with Crippen LogP contribution in [0, 0.1) is 0 Å². The molecule has 7 heteroatoms. The number of ether oxygens (including phenoxy) is 1. The highest BCUT2D eigenvalue weighted by Crippen LogP contribution is 2.12. The quantitative estimate of drug-likeness (QED) is 0.436. The molecule has 0 saturated carbocycles. The summed E-state index contributed by atoms with van der Waals surface area (Å²) in [5.74, 6) is -0.0379. The molecular formula is C16H13N3O4. The Morgan fingerprint density at radius 1 is 1.17 bits per heavy atom. The van der Waals surface area contributed by atoms with Crippen LogP contribution in [0.1, 0.15) is 5.69 Å². The first-order valence-electron chi connectivity index (χ1n) is 6.78. The van der Waals surface area contributed by atoms with Crippen molar-refractivity contribution >= 4 is 11.6 Å². The number of hydrogen-bond donors (Lipinski definition) is 1. The number of rotatable bonds is 4. The molecule has 3 aromatic rings. The van der Waals surface area contributed by atoms with Gasteiger partial charge in [0.15, 0.2) is 0 Å². The first-order valence-corrected chi connectivity index (χ1v) is 6.78. The minimum absolute atomic E-state index is 0.209. The SMILES string of the molecule is COc1ccc(-[n+]2[nH]oc(=O)c2C([O-])=Nc2ccccc2)cc1. The van der Waals surface area contributed by atoms with E-state index in [2.05, 4.69) is 10.3 Å². The van der Waals surface area contributed by atoms with Crippen LogP contribution in [-0.4, -0.2) is 18.3 Å². The maximum atomic E-state index is 12.3. The molecule has 0 atom stereocenters. The van der Waals surface area contributed by atoms with Crippen LogP contribution in [0.2, 0.25) is 0 Å². The van der Waals surface area contributed by atoms with Crippen molar-refractivity contribution in [1.82, 2.24) is 5.27 Å². The summed E-state index contributed by atoms with van der Waals surface area (Å²) in [4.78, 5) is 15.8. The van der Waals surface area contributed by atoms with Crippen LogP contribution < -0.4 is 20.2 Å². The third-order valence-electron chi connectivity index (χ3n) is 3.17. The molecule has 0 amide bonds.